The summed E-state index contributed by atoms with van der Waals surface area (Å²) >= 11 is 0. The molecule has 0 radical (unpaired) electrons. The molecule has 118 valence electrons. The van der Waals surface area contributed by atoms with Gasteiger partial charge in [0.1, 0.15) is 18.1 Å². The van der Waals surface area contributed by atoms with E-state index in [1.54, 1.807) is 18.2 Å². The van der Waals surface area contributed by atoms with Crippen LogP contribution in [-0.2, 0) is 4.79 Å². The van der Waals surface area contributed by atoms with Crippen LogP contribution in [0.25, 0.3) is 6.08 Å². The predicted molar refractivity (Wildman–Crippen MR) is 84.5 cm³/mol. The SMILES string of the molecule is O=C/C=C/c1ccc2c(c1)[C@@H](CO)[C@H](c1ccc(O)c(O)c1)O2. The number of carbonyl (C=O) groups excluding carboxylic acids is 1. The molecular weight excluding hydrogens is 296 g/mol. The molecule has 5 heteroatoms. The van der Waals surface area contributed by atoms with Gasteiger partial charge in [-0.3, -0.25) is 4.79 Å². The van der Waals surface area contributed by atoms with Crippen LogP contribution in [-0.4, -0.2) is 28.2 Å². The van der Waals surface area contributed by atoms with Crippen molar-refractivity contribution in [3.63, 3.8) is 0 Å². The second-order valence-corrected chi connectivity index (χ2v) is 5.37. The lowest BCUT2D eigenvalue weighted by Gasteiger charge is -2.18. The zero-order chi connectivity index (χ0) is 16.4. The Hall–Kier alpha value is -2.79. The lowest BCUT2D eigenvalue weighted by atomic mass is 9.91. The largest absolute Gasteiger partial charge is 0.504 e. The first-order valence-corrected chi connectivity index (χ1v) is 7.19. The zero-order valence-electron chi connectivity index (χ0n) is 12.2. The Balaban J connectivity index is 1.97. The number of aldehydes is 1. The number of aliphatic hydroxyl groups excluding tert-OH is 1. The van der Waals surface area contributed by atoms with Crippen LogP contribution in [0.4, 0.5) is 0 Å². The number of ether oxygens (including phenoxy) is 1. The molecule has 0 unspecified atom stereocenters. The molecule has 0 aliphatic carbocycles. The maximum Gasteiger partial charge on any atom is 0.157 e. The number of fused-ring (bicyclic) bond motifs is 1. The summed E-state index contributed by atoms with van der Waals surface area (Å²) in [6.07, 6.45) is 3.34. The molecule has 5 nitrogen and oxygen atoms in total. The van der Waals surface area contributed by atoms with Gasteiger partial charge in [-0.25, -0.2) is 0 Å². The Morgan fingerprint density at radius 2 is 1.91 bits per heavy atom. The molecule has 2 aromatic rings. The van der Waals surface area contributed by atoms with E-state index in [4.69, 9.17) is 4.74 Å². The van der Waals surface area contributed by atoms with Gasteiger partial charge in [-0.2, -0.15) is 0 Å². The normalized spacial score (nSPS) is 19.5. The van der Waals surface area contributed by atoms with Gasteiger partial charge in [0.2, 0.25) is 0 Å². The van der Waals surface area contributed by atoms with E-state index in [-0.39, 0.29) is 24.0 Å². The van der Waals surface area contributed by atoms with E-state index in [2.05, 4.69) is 0 Å². The van der Waals surface area contributed by atoms with Crippen molar-refractivity contribution in [1.29, 1.82) is 0 Å². The van der Waals surface area contributed by atoms with Gasteiger partial charge in [0.15, 0.2) is 11.5 Å². The highest BCUT2D eigenvalue weighted by atomic mass is 16.5. The van der Waals surface area contributed by atoms with Crippen LogP contribution in [0.2, 0.25) is 0 Å². The Kier molecular flexibility index (Phi) is 4.04. The zero-order valence-corrected chi connectivity index (χ0v) is 12.2. The average molecular weight is 312 g/mol. The fraction of sp³-hybridized carbons (Fsp3) is 0.167. The molecule has 1 heterocycles. The van der Waals surface area contributed by atoms with E-state index in [9.17, 15) is 20.1 Å². The number of aromatic hydroxyl groups is 2. The van der Waals surface area contributed by atoms with E-state index >= 15 is 0 Å². The number of hydrogen-bond acceptors (Lipinski definition) is 5. The number of phenols is 2. The molecule has 0 bridgehead atoms. The first-order chi connectivity index (χ1) is 11.1. The molecule has 0 spiro atoms. The summed E-state index contributed by atoms with van der Waals surface area (Å²) in [5, 5.41) is 28.9. The van der Waals surface area contributed by atoms with E-state index < -0.39 is 6.10 Å². The van der Waals surface area contributed by atoms with Crippen LogP contribution in [0.3, 0.4) is 0 Å². The standard InChI is InChI=1S/C18H16O5/c19-7-1-2-11-3-6-17-13(8-11)14(10-20)18(23-17)12-4-5-15(21)16(22)9-12/h1-9,14,18,20-22H,10H2/b2-1+/t14-,18+/m1/s1. The summed E-state index contributed by atoms with van der Waals surface area (Å²) in [5.41, 5.74) is 2.35. The lowest BCUT2D eigenvalue weighted by Crippen LogP contribution is -2.13. The van der Waals surface area contributed by atoms with Gasteiger partial charge in [-0.1, -0.05) is 18.2 Å². The molecule has 23 heavy (non-hydrogen) atoms. The Bertz CT molecular complexity index is 766. The maximum atomic E-state index is 10.4. The predicted octanol–water partition coefficient (Wildman–Crippen LogP) is 2.52. The highest BCUT2D eigenvalue weighted by Crippen LogP contribution is 2.47. The van der Waals surface area contributed by atoms with E-state index in [0.717, 1.165) is 11.1 Å². The van der Waals surface area contributed by atoms with Gasteiger partial charge >= 0.3 is 0 Å². The third kappa shape index (κ3) is 2.78. The fourth-order valence-electron chi connectivity index (χ4n) is 2.81. The first-order valence-electron chi connectivity index (χ1n) is 7.19. The van der Waals surface area contributed by atoms with E-state index in [1.807, 2.05) is 12.1 Å². The molecule has 2 atom stereocenters. The van der Waals surface area contributed by atoms with Crippen molar-refractivity contribution in [2.75, 3.05) is 6.61 Å². The third-order valence-corrected chi connectivity index (χ3v) is 3.94. The minimum absolute atomic E-state index is 0.125. The molecule has 0 fully saturated rings. The second kappa shape index (κ2) is 6.14. The van der Waals surface area contributed by atoms with Crippen molar-refractivity contribution in [3.8, 4) is 17.2 Å². The number of rotatable bonds is 4. The van der Waals surface area contributed by atoms with Gasteiger partial charge in [-0.15, -0.1) is 0 Å². The quantitative estimate of drug-likeness (QED) is 0.459. The Morgan fingerprint density at radius 3 is 2.61 bits per heavy atom. The van der Waals surface area contributed by atoms with Crippen molar-refractivity contribution < 1.29 is 24.9 Å². The first kappa shape index (κ1) is 15.1. The summed E-state index contributed by atoms with van der Waals surface area (Å²) in [5.74, 6) is -0.0668. The third-order valence-electron chi connectivity index (χ3n) is 3.94. The topological polar surface area (TPSA) is 87.0 Å². The summed E-state index contributed by atoms with van der Waals surface area (Å²) in [6.45, 7) is -0.125. The molecular formula is C18H16O5. The average Bonchev–Trinajstić information content (AvgIpc) is 2.93. The van der Waals surface area contributed by atoms with Crippen LogP contribution in [0.15, 0.2) is 42.5 Å². The summed E-state index contributed by atoms with van der Waals surface area (Å²) < 4.78 is 5.90. The van der Waals surface area contributed by atoms with Crippen molar-refractivity contribution in [1.82, 2.24) is 0 Å². The smallest absolute Gasteiger partial charge is 0.157 e. The highest BCUT2D eigenvalue weighted by Gasteiger charge is 2.35. The number of hydrogen-bond donors (Lipinski definition) is 3. The molecule has 3 N–H and O–H groups in total. The molecule has 1 aliphatic heterocycles. The van der Waals surface area contributed by atoms with Crippen LogP contribution in [0.1, 0.15) is 28.7 Å². The molecule has 1 aliphatic rings. The molecule has 0 saturated heterocycles. The Morgan fingerprint density at radius 1 is 1.09 bits per heavy atom. The van der Waals surface area contributed by atoms with Crippen molar-refractivity contribution in [2.45, 2.75) is 12.0 Å². The van der Waals surface area contributed by atoms with Crippen LogP contribution in [0.5, 0.6) is 17.2 Å². The summed E-state index contributed by atoms with van der Waals surface area (Å²) in [6, 6.07) is 9.97. The maximum absolute atomic E-state index is 10.4. The minimum atomic E-state index is -0.452. The fourth-order valence-corrected chi connectivity index (χ4v) is 2.81. The number of carbonyl (C=O) groups is 1. The lowest BCUT2D eigenvalue weighted by molar-refractivity contribution is -0.104. The molecule has 0 aromatic heterocycles. The molecule has 0 amide bonds. The van der Waals surface area contributed by atoms with Crippen molar-refractivity contribution >= 4 is 12.4 Å². The number of allylic oxidation sites excluding steroid dienone is 1. The van der Waals surface area contributed by atoms with Crippen molar-refractivity contribution in [2.24, 2.45) is 0 Å². The molecule has 3 rings (SSSR count). The van der Waals surface area contributed by atoms with E-state index in [0.29, 0.717) is 17.6 Å². The van der Waals surface area contributed by atoms with Gasteiger partial charge in [0.05, 0.1) is 12.5 Å². The monoisotopic (exact) mass is 312 g/mol. The van der Waals surface area contributed by atoms with Gasteiger partial charge in [-0.05, 0) is 41.5 Å². The molecule has 2 aromatic carbocycles. The van der Waals surface area contributed by atoms with Crippen molar-refractivity contribution in [3.05, 3.63) is 59.2 Å². The van der Waals surface area contributed by atoms with Gasteiger partial charge in [0, 0.05) is 5.56 Å². The van der Waals surface area contributed by atoms with Crippen LogP contribution in [0, 0.1) is 0 Å². The number of benzene rings is 2. The Labute approximate surface area is 133 Å². The number of aliphatic hydroxyl groups is 1. The van der Waals surface area contributed by atoms with Crippen LogP contribution >= 0.6 is 0 Å². The van der Waals surface area contributed by atoms with Gasteiger partial charge in [0.25, 0.3) is 0 Å². The summed E-state index contributed by atoms with van der Waals surface area (Å²) in [7, 11) is 0. The van der Waals surface area contributed by atoms with Crippen LogP contribution < -0.4 is 4.74 Å². The number of phenolic OH excluding ortho intramolecular Hbond substituents is 2. The highest BCUT2D eigenvalue weighted by molar-refractivity contribution is 5.74. The van der Waals surface area contributed by atoms with E-state index in [1.165, 1.54) is 18.2 Å². The second-order valence-electron chi connectivity index (χ2n) is 5.37. The molecule has 0 saturated carbocycles. The van der Waals surface area contributed by atoms with Gasteiger partial charge < -0.3 is 20.1 Å². The summed E-state index contributed by atoms with van der Waals surface area (Å²) in [4.78, 5) is 10.4. The minimum Gasteiger partial charge on any atom is -0.504 e.